The van der Waals surface area contributed by atoms with Crippen LogP contribution in [0.1, 0.15) is 39.4 Å². The van der Waals surface area contributed by atoms with Crippen LogP contribution in [0.3, 0.4) is 0 Å². The predicted octanol–water partition coefficient (Wildman–Crippen LogP) is 4.16. The summed E-state index contributed by atoms with van der Waals surface area (Å²) >= 11 is 1.42. The Hall–Kier alpha value is -2.47. The van der Waals surface area contributed by atoms with E-state index in [1.807, 2.05) is 5.38 Å². The zero-order valence-electron chi connectivity index (χ0n) is 13.5. The van der Waals surface area contributed by atoms with Crippen molar-refractivity contribution >= 4 is 22.4 Å². The van der Waals surface area contributed by atoms with Gasteiger partial charge in [0.25, 0.3) is 5.91 Å². The van der Waals surface area contributed by atoms with Gasteiger partial charge < -0.3 is 4.52 Å². The van der Waals surface area contributed by atoms with E-state index in [2.05, 4.69) is 33.7 Å². The molecule has 0 atom stereocenters. The van der Waals surface area contributed by atoms with Crippen molar-refractivity contribution in [3.63, 3.8) is 0 Å². The van der Waals surface area contributed by atoms with Crippen LogP contribution in [0, 0.1) is 13.8 Å². The van der Waals surface area contributed by atoms with Crippen LogP contribution in [0.15, 0.2) is 28.1 Å². The molecule has 0 bridgehead atoms. The molecule has 0 fully saturated rings. The summed E-state index contributed by atoms with van der Waals surface area (Å²) in [4.78, 5) is 16.9. The molecule has 122 valence electrons. The lowest BCUT2D eigenvalue weighted by atomic mass is 10.1. The number of rotatable bonds is 3. The molecule has 24 heavy (non-hydrogen) atoms. The van der Waals surface area contributed by atoms with E-state index in [1.165, 1.54) is 35.3 Å². The lowest BCUT2D eigenvalue weighted by Gasteiger charge is -2.02. The second-order valence-electron chi connectivity index (χ2n) is 6.03. The van der Waals surface area contributed by atoms with E-state index in [0.717, 1.165) is 17.7 Å². The van der Waals surface area contributed by atoms with Crippen LogP contribution in [0.4, 0.5) is 5.13 Å². The zero-order chi connectivity index (χ0) is 16.7. The fourth-order valence-corrected chi connectivity index (χ4v) is 3.88. The minimum absolute atomic E-state index is 0.235. The minimum Gasteiger partial charge on any atom is -0.361 e. The summed E-state index contributed by atoms with van der Waals surface area (Å²) in [5.41, 5.74) is 5.92. The van der Waals surface area contributed by atoms with Crippen LogP contribution in [-0.4, -0.2) is 16.0 Å². The Labute approximate surface area is 143 Å². The van der Waals surface area contributed by atoms with Crippen molar-refractivity contribution in [2.45, 2.75) is 33.1 Å². The van der Waals surface area contributed by atoms with Crippen molar-refractivity contribution in [3.8, 4) is 11.3 Å². The van der Waals surface area contributed by atoms with Gasteiger partial charge >= 0.3 is 0 Å². The van der Waals surface area contributed by atoms with E-state index in [0.29, 0.717) is 22.1 Å². The predicted molar refractivity (Wildman–Crippen MR) is 93.5 cm³/mol. The zero-order valence-corrected chi connectivity index (χ0v) is 14.4. The SMILES string of the molecule is Cc1noc(C)c1C(=O)Nc1nc(-c2ccc3c(c2)CCC3)cs1. The molecule has 1 aliphatic rings. The first-order valence-electron chi connectivity index (χ1n) is 7.94. The molecular weight excluding hydrogens is 322 g/mol. The molecule has 2 heterocycles. The fraction of sp³-hybridized carbons (Fsp3) is 0.278. The average molecular weight is 339 g/mol. The van der Waals surface area contributed by atoms with Crippen molar-refractivity contribution in [1.82, 2.24) is 10.1 Å². The molecule has 0 aliphatic heterocycles. The van der Waals surface area contributed by atoms with Gasteiger partial charge in [0.15, 0.2) is 5.13 Å². The number of amides is 1. The minimum atomic E-state index is -0.235. The first-order valence-corrected chi connectivity index (χ1v) is 8.81. The number of hydrogen-bond acceptors (Lipinski definition) is 5. The van der Waals surface area contributed by atoms with Crippen molar-refractivity contribution < 1.29 is 9.32 Å². The monoisotopic (exact) mass is 339 g/mol. The highest BCUT2D eigenvalue weighted by Gasteiger charge is 2.19. The third-order valence-corrected chi connectivity index (χ3v) is 5.14. The number of benzene rings is 1. The van der Waals surface area contributed by atoms with Gasteiger partial charge in [-0.05, 0) is 50.3 Å². The molecule has 0 saturated heterocycles. The highest BCUT2D eigenvalue weighted by atomic mass is 32.1. The molecule has 6 heteroatoms. The summed E-state index contributed by atoms with van der Waals surface area (Å²) in [6, 6.07) is 6.52. The van der Waals surface area contributed by atoms with Gasteiger partial charge in [0, 0.05) is 10.9 Å². The molecule has 3 aromatic rings. The Morgan fingerprint density at radius 2 is 2.08 bits per heavy atom. The molecule has 0 unspecified atom stereocenters. The van der Waals surface area contributed by atoms with Crippen molar-refractivity contribution in [2.75, 3.05) is 5.32 Å². The fourth-order valence-electron chi connectivity index (χ4n) is 3.16. The number of nitrogens with zero attached hydrogens (tertiary/aromatic N) is 2. The van der Waals surface area contributed by atoms with E-state index in [4.69, 9.17) is 4.52 Å². The lowest BCUT2D eigenvalue weighted by molar-refractivity contribution is 0.102. The third-order valence-electron chi connectivity index (χ3n) is 4.38. The van der Waals surface area contributed by atoms with Gasteiger partial charge in [-0.2, -0.15) is 0 Å². The number of aromatic nitrogens is 2. The average Bonchev–Trinajstić information content (AvgIpc) is 3.27. The largest absolute Gasteiger partial charge is 0.361 e. The molecular formula is C18H17N3O2S. The maximum atomic E-state index is 12.4. The first-order chi connectivity index (χ1) is 11.6. The van der Waals surface area contributed by atoms with Crippen LogP contribution in [0.2, 0.25) is 0 Å². The van der Waals surface area contributed by atoms with Crippen molar-refractivity contribution in [2.24, 2.45) is 0 Å². The molecule has 0 radical (unpaired) electrons. The smallest absolute Gasteiger partial charge is 0.262 e. The van der Waals surface area contributed by atoms with Crippen LogP contribution in [0.5, 0.6) is 0 Å². The number of thiazole rings is 1. The van der Waals surface area contributed by atoms with Gasteiger partial charge in [0.05, 0.1) is 11.4 Å². The molecule has 5 nitrogen and oxygen atoms in total. The van der Waals surface area contributed by atoms with Gasteiger partial charge in [0.2, 0.25) is 0 Å². The second kappa shape index (κ2) is 5.87. The number of carbonyl (C=O) groups excluding carboxylic acids is 1. The molecule has 4 rings (SSSR count). The second-order valence-corrected chi connectivity index (χ2v) is 6.89. The molecule has 1 N–H and O–H groups in total. The Bertz CT molecular complexity index is 907. The topological polar surface area (TPSA) is 68.0 Å². The number of hydrogen-bond donors (Lipinski definition) is 1. The third kappa shape index (κ3) is 2.63. The van der Waals surface area contributed by atoms with Crippen LogP contribution in [-0.2, 0) is 12.8 Å². The van der Waals surface area contributed by atoms with Gasteiger partial charge in [0.1, 0.15) is 11.3 Å². The summed E-state index contributed by atoms with van der Waals surface area (Å²) in [6.07, 6.45) is 3.54. The van der Waals surface area contributed by atoms with Crippen LogP contribution >= 0.6 is 11.3 Å². The van der Waals surface area contributed by atoms with Crippen molar-refractivity contribution in [3.05, 3.63) is 51.7 Å². The number of fused-ring (bicyclic) bond motifs is 1. The molecule has 1 aromatic carbocycles. The highest BCUT2D eigenvalue weighted by molar-refractivity contribution is 7.14. The van der Waals surface area contributed by atoms with Gasteiger partial charge in [-0.15, -0.1) is 11.3 Å². The molecule has 0 saturated carbocycles. The van der Waals surface area contributed by atoms with Crippen LogP contribution < -0.4 is 5.32 Å². The van der Waals surface area contributed by atoms with Crippen LogP contribution in [0.25, 0.3) is 11.3 Å². The standard InChI is InChI=1S/C18H17N3O2S/c1-10-16(11(2)23-21-10)17(22)20-18-19-15(9-24-18)14-7-6-12-4-3-5-13(12)8-14/h6-9H,3-5H2,1-2H3,(H,19,20,22). The molecule has 0 spiro atoms. The number of aryl methyl sites for hydroxylation is 4. The van der Waals surface area contributed by atoms with Gasteiger partial charge in [-0.25, -0.2) is 4.98 Å². The Morgan fingerprint density at radius 1 is 1.25 bits per heavy atom. The molecule has 2 aromatic heterocycles. The van der Waals surface area contributed by atoms with Crippen molar-refractivity contribution in [1.29, 1.82) is 0 Å². The highest BCUT2D eigenvalue weighted by Crippen LogP contribution is 2.30. The van der Waals surface area contributed by atoms with E-state index >= 15 is 0 Å². The maximum absolute atomic E-state index is 12.4. The Kier molecular flexibility index (Phi) is 3.69. The van der Waals surface area contributed by atoms with Gasteiger partial charge in [-0.1, -0.05) is 17.3 Å². The Balaban J connectivity index is 1.56. The van der Waals surface area contributed by atoms with E-state index in [-0.39, 0.29) is 5.91 Å². The van der Waals surface area contributed by atoms with E-state index < -0.39 is 0 Å². The van der Waals surface area contributed by atoms with Gasteiger partial charge in [-0.3, -0.25) is 10.1 Å². The first kappa shape index (κ1) is 15.1. The summed E-state index contributed by atoms with van der Waals surface area (Å²) in [5.74, 6) is 0.279. The normalized spacial score (nSPS) is 13.1. The maximum Gasteiger partial charge on any atom is 0.262 e. The number of nitrogens with one attached hydrogen (secondary N) is 1. The lowest BCUT2D eigenvalue weighted by Crippen LogP contribution is -2.13. The quantitative estimate of drug-likeness (QED) is 0.778. The number of carbonyl (C=O) groups is 1. The summed E-state index contributed by atoms with van der Waals surface area (Å²) in [7, 11) is 0. The molecule has 1 amide bonds. The summed E-state index contributed by atoms with van der Waals surface area (Å²) in [6.45, 7) is 3.48. The van der Waals surface area contributed by atoms with E-state index in [1.54, 1.807) is 13.8 Å². The van der Waals surface area contributed by atoms with E-state index in [9.17, 15) is 4.79 Å². The number of anilines is 1. The summed E-state index contributed by atoms with van der Waals surface area (Å²) in [5, 5.41) is 9.20. The summed E-state index contributed by atoms with van der Waals surface area (Å²) < 4.78 is 5.04. The Morgan fingerprint density at radius 3 is 2.88 bits per heavy atom. The molecule has 1 aliphatic carbocycles.